The lowest BCUT2D eigenvalue weighted by atomic mass is 10.1. The maximum Gasteiger partial charge on any atom is 0.175 e. The van der Waals surface area contributed by atoms with Gasteiger partial charge in [0.15, 0.2) is 5.11 Å². The Hall–Kier alpha value is -2.07. The summed E-state index contributed by atoms with van der Waals surface area (Å²) < 4.78 is 5.57. The molecular weight excluding hydrogens is 280 g/mol. The summed E-state index contributed by atoms with van der Waals surface area (Å²) in [7, 11) is 0. The molecule has 0 saturated carbocycles. The average molecular weight is 300 g/mol. The quantitative estimate of drug-likeness (QED) is 0.799. The lowest BCUT2D eigenvalue weighted by Gasteiger charge is -2.14. The van der Waals surface area contributed by atoms with Gasteiger partial charge in [-0.2, -0.15) is 0 Å². The monoisotopic (exact) mass is 300 g/mol. The van der Waals surface area contributed by atoms with E-state index in [9.17, 15) is 0 Å². The number of ether oxygens (including phenoxy) is 1. The van der Waals surface area contributed by atoms with E-state index < -0.39 is 0 Å². The van der Waals surface area contributed by atoms with Crippen molar-refractivity contribution in [1.82, 2.24) is 0 Å². The van der Waals surface area contributed by atoms with Crippen LogP contribution in [0.2, 0.25) is 0 Å². The Kier molecular flexibility index (Phi) is 5.58. The number of rotatable bonds is 5. The summed E-state index contributed by atoms with van der Waals surface area (Å²) in [5, 5.41) is 6.93. The third-order valence-electron chi connectivity index (χ3n) is 3.03. The van der Waals surface area contributed by atoms with Crippen molar-refractivity contribution in [3.05, 3.63) is 54.1 Å². The highest BCUT2D eigenvalue weighted by molar-refractivity contribution is 7.80. The van der Waals surface area contributed by atoms with Crippen LogP contribution in [0.25, 0.3) is 0 Å². The molecular formula is C17H20N2OS. The predicted octanol–water partition coefficient (Wildman–Crippen LogP) is 4.46. The molecule has 0 saturated heterocycles. The van der Waals surface area contributed by atoms with Crippen molar-refractivity contribution in [3.63, 3.8) is 0 Å². The molecule has 0 aliphatic rings. The Labute approximate surface area is 131 Å². The minimum Gasteiger partial charge on any atom is -0.492 e. The van der Waals surface area contributed by atoms with Gasteiger partial charge in [-0.1, -0.05) is 31.2 Å². The van der Waals surface area contributed by atoms with E-state index in [1.165, 1.54) is 5.56 Å². The molecule has 0 fully saturated rings. The van der Waals surface area contributed by atoms with E-state index in [-0.39, 0.29) is 0 Å². The fourth-order valence-electron chi connectivity index (χ4n) is 2.00. The smallest absolute Gasteiger partial charge is 0.175 e. The number of aryl methyl sites for hydroxylation is 1. The molecule has 0 aromatic heterocycles. The Bertz CT molecular complexity index is 613. The third-order valence-corrected chi connectivity index (χ3v) is 3.23. The van der Waals surface area contributed by atoms with Crippen molar-refractivity contribution < 1.29 is 4.74 Å². The van der Waals surface area contributed by atoms with Gasteiger partial charge in [-0.3, -0.25) is 0 Å². The summed E-state index contributed by atoms with van der Waals surface area (Å²) in [6, 6.07) is 16.0. The van der Waals surface area contributed by atoms with Gasteiger partial charge >= 0.3 is 0 Å². The van der Waals surface area contributed by atoms with E-state index >= 15 is 0 Å². The zero-order valence-electron chi connectivity index (χ0n) is 12.3. The van der Waals surface area contributed by atoms with Crippen LogP contribution >= 0.6 is 12.2 Å². The first-order valence-electron chi connectivity index (χ1n) is 7.11. The molecule has 0 spiro atoms. The molecule has 2 rings (SSSR count). The zero-order valence-corrected chi connectivity index (χ0v) is 13.2. The van der Waals surface area contributed by atoms with Gasteiger partial charge in [0, 0.05) is 5.69 Å². The van der Waals surface area contributed by atoms with Gasteiger partial charge in [0.1, 0.15) is 5.75 Å². The van der Waals surface area contributed by atoms with Crippen molar-refractivity contribution >= 4 is 28.7 Å². The lowest BCUT2D eigenvalue weighted by Crippen LogP contribution is -2.19. The van der Waals surface area contributed by atoms with Crippen LogP contribution in [0, 0.1) is 0 Å². The molecule has 2 aromatic rings. The molecule has 3 nitrogen and oxygen atoms in total. The Balaban J connectivity index is 2.04. The fourth-order valence-corrected chi connectivity index (χ4v) is 2.23. The van der Waals surface area contributed by atoms with Crippen molar-refractivity contribution in [2.45, 2.75) is 20.3 Å². The standard InChI is InChI=1S/C17H20N2OS/c1-3-13-8-7-9-14(12-13)18-17(21)19-15-10-5-6-11-16(15)20-4-2/h5-12H,3-4H2,1-2H3,(H2,18,19,21). The summed E-state index contributed by atoms with van der Waals surface area (Å²) >= 11 is 5.36. The number of thiocarbonyl (C=S) groups is 1. The summed E-state index contributed by atoms with van der Waals surface area (Å²) in [5.41, 5.74) is 3.13. The van der Waals surface area contributed by atoms with Gasteiger partial charge in [-0.05, 0) is 55.4 Å². The van der Waals surface area contributed by atoms with Crippen molar-refractivity contribution in [1.29, 1.82) is 0 Å². The molecule has 2 N–H and O–H groups in total. The summed E-state index contributed by atoms with van der Waals surface area (Å²) in [4.78, 5) is 0. The van der Waals surface area contributed by atoms with Gasteiger partial charge in [-0.15, -0.1) is 0 Å². The zero-order chi connectivity index (χ0) is 15.1. The number of hydrogen-bond donors (Lipinski definition) is 2. The molecule has 110 valence electrons. The number of anilines is 2. The van der Waals surface area contributed by atoms with E-state index in [4.69, 9.17) is 17.0 Å². The summed E-state index contributed by atoms with van der Waals surface area (Å²) in [5.74, 6) is 0.798. The molecule has 0 amide bonds. The Morgan fingerprint density at radius 2 is 1.86 bits per heavy atom. The second kappa shape index (κ2) is 7.64. The predicted molar refractivity (Wildman–Crippen MR) is 93.3 cm³/mol. The molecule has 0 aliphatic carbocycles. The van der Waals surface area contributed by atoms with Crippen LogP contribution in [0.1, 0.15) is 19.4 Å². The number of hydrogen-bond acceptors (Lipinski definition) is 2. The largest absolute Gasteiger partial charge is 0.492 e. The first-order valence-corrected chi connectivity index (χ1v) is 7.52. The summed E-state index contributed by atoms with van der Waals surface area (Å²) in [6.45, 7) is 4.72. The van der Waals surface area contributed by atoms with Crippen molar-refractivity contribution in [3.8, 4) is 5.75 Å². The number of para-hydroxylation sites is 2. The van der Waals surface area contributed by atoms with Crippen molar-refractivity contribution in [2.75, 3.05) is 17.2 Å². The highest BCUT2D eigenvalue weighted by Crippen LogP contribution is 2.24. The van der Waals surface area contributed by atoms with Gasteiger partial charge in [-0.25, -0.2) is 0 Å². The highest BCUT2D eigenvalue weighted by Gasteiger charge is 2.05. The fraction of sp³-hybridized carbons (Fsp3) is 0.235. The molecule has 0 heterocycles. The number of nitrogens with one attached hydrogen (secondary N) is 2. The van der Waals surface area contributed by atoms with Gasteiger partial charge in [0.05, 0.1) is 12.3 Å². The molecule has 0 radical (unpaired) electrons. The van der Waals surface area contributed by atoms with E-state index in [1.807, 2.05) is 43.3 Å². The van der Waals surface area contributed by atoms with Crippen LogP contribution in [-0.2, 0) is 6.42 Å². The normalized spacial score (nSPS) is 10.0. The van der Waals surface area contributed by atoms with E-state index in [0.29, 0.717) is 11.7 Å². The summed E-state index contributed by atoms with van der Waals surface area (Å²) in [6.07, 6.45) is 1.00. The van der Waals surface area contributed by atoms with Crippen molar-refractivity contribution in [2.24, 2.45) is 0 Å². The molecule has 21 heavy (non-hydrogen) atoms. The maximum atomic E-state index is 5.57. The van der Waals surface area contributed by atoms with Crippen LogP contribution in [-0.4, -0.2) is 11.7 Å². The van der Waals surface area contributed by atoms with Crippen LogP contribution in [0.4, 0.5) is 11.4 Å². The van der Waals surface area contributed by atoms with Crippen LogP contribution in [0.5, 0.6) is 5.75 Å². The van der Waals surface area contributed by atoms with E-state index in [1.54, 1.807) is 0 Å². The molecule has 0 atom stereocenters. The second-order valence-electron chi connectivity index (χ2n) is 4.56. The minimum absolute atomic E-state index is 0.551. The molecule has 4 heteroatoms. The average Bonchev–Trinajstić information content (AvgIpc) is 2.49. The SMILES string of the molecule is CCOc1ccccc1NC(=S)Nc1cccc(CC)c1. The molecule has 2 aromatic carbocycles. The Morgan fingerprint density at radius 1 is 1.05 bits per heavy atom. The van der Waals surface area contributed by atoms with Gasteiger partial charge in [0.2, 0.25) is 0 Å². The van der Waals surface area contributed by atoms with Crippen LogP contribution < -0.4 is 15.4 Å². The Morgan fingerprint density at radius 3 is 2.62 bits per heavy atom. The molecule has 0 bridgehead atoms. The van der Waals surface area contributed by atoms with E-state index in [2.05, 4.69) is 29.7 Å². The first-order chi connectivity index (χ1) is 10.2. The highest BCUT2D eigenvalue weighted by atomic mass is 32.1. The second-order valence-corrected chi connectivity index (χ2v) is 4.97. The first kappa shape index (κ1) is 15.3. The maximum absolute atomic E-state index is 5.57. The van der Waals surface area contributed by atoms with Gasteiger partial charge in [0.25, 0.3) is 0 Å². The minimum atomic E-state index is 0.551. The topological polar surface area (TPSA) is 33.3 Å². The lowest BCUT2D eigenvalue weighted by molar-refractivity contribution is 0.342. The van der Waals surface area contributed by atoms with Gasteiger partial charge < -0.3 is 15.4 Å². The molecule has 0 aliphatic heterocycles. The van der Waals surface area contributed by atoms with Crippen LogP contribution in [0.15, 0.2) is 48.5 Å². The van der Waals surface area contributed by atoms with E-state index in [0.717, 1.165) is 23.5 Å². The van der Waals surface area contributed by atoms with Crippen LogP contribution in [0.3, 0.4) is 0 Å². The number of benzene rings is 2. The third kappa shape index (κ3) is 4.46. The molecule has 0 unspecified atom stereocenters.